The number of carbonyl (C=O) groups is 1. The van der Waals surface area contributed by atoms with Gasteiger partial charge in [0.1, 0.15) is 5.82 Å². The molecule has 1 saturated heterocycles. The molecule has 1 fully saturated rings. The van der Waals surface area contributed by atoms with Crippen LogP contribution in [-0.2, 0) is 0 Å². The number of rotatable bonds is 2. The van der Waals surface area contributed by atoms with Gasteiger partial charge in [-0.25, -0.2) is 4.39 Å². The zero-order valence-corrected chi connectivity index (χ0v) is 9.11. The average Bonchev–Trinajstić information content (AvgIpc) is 2.20. The second kappa shape index (κ2) is 4.22. The van der Waals surface area contributed by atoms with Crippen LogP contribution in [-0.4, -0.2) is 35.6 Å². The Hall–Kier alpha value is -1.42. The fourth-order valence-corrected chi connectivity index (χ4v) is 1.85. The number of carbonyl (C=O) groups excluding carboxylic acids is 1. The maximum atomic E-state index is 13.0. The molecule has 0 unspecified atom stereocenters. The van der Waals surface area contributed by atoms with E-state index in [2.05, 4.69) is 0 Å². The van der Waals surface area contributed by atoms with Gasteiger partial charge < -0.3 is 10.0 Å². The van der Waals surface area contributed by atoms with Crippen molar-refractivity contribution in [2.75, 3.05) is 19.7 Å². The van der Waals surface area contributed by atoms with Crippen LogP contribution in [0.3, 0.4) is 0 Å². The summed E-state index contributed by atoms with van der Waals surface area (Å²) in [5.41, 5.74) is 1.19. The summed E-state index contributed by atoms with van der Waals surface area (Å²) in [5.74, 6) is -0.368. The predicted molar refractivity (Wildman–Crippen MR) is 57.6 cm³/mol. The van der Waals surface area contributed by atoms with Gasteiger partial charge in [-0.05, 0) is 24.6 Å². The quantitative estimate of drug-likeness (QED) is 0.818. The van der Waals surface area contributed by atoms with Crippen molar-refractivity contribution in [3.63, 3.8) is 0 Å². The summed E-state index contributed by atoms with van der Waals surface area (Å²) in [4.78, 5) is 13.6. The first-order chi connectivity index (χ1) is 7.61. The van der Waals surface area contributed by atoms with Crippen molar-refractivity contribution in [1.29, 1.82) is 0 Å². The number of hydrogen-bond donors (Lipinski definition) is 1. The molecule has 2 rings (SSSR count). The summed E-state index contributed by atoms with van der Waals surface area (Å²) < 4.78 is 13.0. The number of aliphatic hydroxyl groups excluding tert-OH is 1. The summed E-state index contributed by atoms with van der Waals surface area (Å²) in [7, 11) is 0. The lowest BCUT2D eigenvalue weighted by Gasteiger charge is -2.38. The molecule has 0 radical (unpaired) electrons. The maximum absolute atomic E-state index is 13.0. The van der Waals surface area contributed by atoms with E-state index in [1.165, 1.54) is 12.1 Å². The normalized spacial score (nSPS) is 16.1. The maximum Gasteiger partial charge on any atom is 0.254 e. The molecule has 1 aromatic carbocycles. The highest BCUT2D eigenvalue weighted by molar-refractivity contribution is 5.96. The lowest BCUT2D eigenvalue weighted by atomic mass is 9.98. The molecule has 0 bridgehead atoms. The third-order valence-corrected chi connectivity index (χ3v) is 2.93. The van der Waals surface area contributed by atoms with E-state index in [9.17, 15) is 9.18 Å². The van der Waals surface area contributed by atoms with Gasteiger partial charge in [0.2, 0.25) is 0 Å². The monoisotopic (exact) mass is 223 g/mol. The zero-order valence-electron chi connectivity index (χ0n) is 9.11. The molecule has 0 spiro atoms. The van der Waals surface area contributed by atoms with E-state index in [-0.39, 0.29) is 18.4 Å². The average molecular weight is 223 g/mol. The van der Waals surface area contributed by atoms with Crippen molar-refractivity contribution in [3.8, 4) is 0 Å². The van der Waals surface area contributed by atoms with Crippen LogP contribution in [0.4, 0.5) is 4.39 Å². The van der Waals surface area contributed by atoms with Crippen LogP contribution in [0.2, 0.25) is 0 Å². The van der Waals surface area contributed by atoms with E-state index < -0.39 is 5.82 Å². The SMILES string of the molecule is Cc1ccc(F)cc1C(=O)N1CC(CO)C1. The Bertz CT molecular complexity index is 413. The van der Waals surface area contributed by atoms with Crippen molar-refractivity contribution in [3.05, 3.63) is 35.1 Å². The minimum atomic E-state index is -0.395. The topological polar surface area (TPSA) is 40.5 Å². The summed E-state index contributed by atoms with van der Waals surface area (Å²) in [6.45, 7) is 3.01. The Morgan fingerprint density at radius 1 is 1.56 bits per heavy atom. The molecule has 1 N–H and O–H groups in total. The Labute approximate surface area is 93.5 Å². The van der Waals surface area contributed by atoms with Gasteiger partial charge >= 0.3 is 0 Å². The first-order valence-electron chi connectivity index (χ1n) is 5.28. The van der Waals surface area contributed by atoms with Gasteiger partial charge in [-0.15, -0.1) is 0 Å². The van der Waals surface area contributed by atoms with E-state index in [0.29, 0.717) is 18.7 Å². The number of halogens is 1. The van der Waals surface area contributed by atoms with Gasteiger partial charge in [0.05, 0.1) is 0 Å². The summed E-state index contributed by atoms with van der Waals surface area (Å²) in [6.07, 6.45) is 0. The number of aliphatic hydroxyl groups is 1. The van der Waals surface area contributed by atoms with Gasteiger partial charge in [-0.3, -0.25) is 4.79 Å². The van der Waals surface area contributed by atoms with Gasteiger partial charge in [-0.2, -0.15) is 0 Å². The van der Waals surface area contributed by atoms with E-state index >= 15 is 0 Å². The van der Waals surface area contributed by atoms with Crippen molar-refractivity contribution in [2.24, 2.45) is 5.92 Å². The molecular weight excluding hydrogens is 209 g/mol. The smallest absolute Gasteiger partial charge is 0.254 e. The lowest BCUT2D eigenvalue weighted by Crippen LogP contribution is -2.51. The fraction of sp³-hybridized carbons (Fsp3) is 0.417. The molecule has 0 aromatic heterocycles. The first-order valence-corrected chi connectivity index (χ1v) is 5.28. The molecule has 0 aliphatic carbocycles. The molecule has 1 aliphatic heterocycles. The van der Waals surface area contributed by atoms with E-state index in [4.69, 9.17) is 5.11 Å². The first kappa shape index (κ1) is 11.1. The number of amides is 1. The Balaban J connectivity index is 2.13. The number of benzene rings is 1. The molecule has 3 nitrogen and oxygen atoms in total. The molecule has 0 saturated carbocycles. The van der Waals surface area contributed by atoms with Gasteiger partial charge in [-0.1, -0.05) is 6.07 Å². The summed E-state index contributed by atoms with van der Waals surface area (Å²) >= 11 is 0. The molecule has 1 aromatic rings. The minimum absolute atomic E-state index is 0.103. The molecule has 86 valence electrons. The number of nitrogens with zero attached hydrogens (tertiary/aromatic N) is 1. The van der Waals surface area contributed by atoms with Crippen molar-refractivity contribution >= 4 is 5.91 Å². The molecule has 0 atom stereocenters. The standard InChI is InChI=1S/C12H14FNO2/c1-8-2-3-10(13)4-11(8)12(16)14-5-9(6-14)7-15/h2-4,9,15H,5-7H2,1H3. The van der Waals surface area contributed by atoms with Crippen LogP contribution in [0.25, 0.3) is 0 Å². The highest BCUT2D eigenvalue weighted by Gasteiger charge is 2.31. The third kappa shape index (κ3) is 1.93. The van der Waals surface area contributed by atoms with Crippen molar-refractivity contribution in [1.82, 2.24) is 4.90 Å². The zero-order chi connectivity index (χ0) is 11.7. The van der Waals surface area contributed by atoms with Crippen LogP contribution in [0.1, 0.15) is 15.9 Å². The molecular formula is C12H14FNO2. The highest BCUT2D eigenvalue weighted by Crippen LogP contribution is 2.20. The van der Waals surface area contributed by atoms with E-state index in [1.54, 1.807) is 17.9 Å². The largest absolute Gasteiger partial charge is 0.396 e. The summed E-state index contributed by atoms with van der Waals surface area (Å²) in [5, 5.41) is 8.86. The van der Waals surface area contributed by atoms with E-state index in [0.717, 1.165) is 5.56 Å². The van der Waals surface area contributed by atoms with Crippen LogP contribution >= 0.6 is 0 Å². The van der Waals surface area contributed by atoms with Crippen molar-refractivity contribution in [2.45, 2.75) is 6.92 Å². The molecule has 16 heavy (non-hydrogen) atoms. The Morgan fingerprint density at radius 3 is 2.88 bits per heavy atom. The Kier molecular flexibility index (Phi) is 2.92. The minimum Gasteiger partial charge on any atom is -0.396 e. The van der Waals surface area contributed by atoms with Crippen LogP contribution in [0, 0.1) is 18.7 Å². The van der Waals surface area contributed by atoms with Crippen molar-refractivity contribution < 1.29 is 14.3 Å². The molecule has 1 heterocycles. The predicted octanol–water partition coefficient (Wildman–Crippen LogP) is 1.20. The lowest BCUT2D eigenvalue weighted by molar-refractivity contribution is 0.0361. The van der Waals surface area contributed by atoms with Crippen LogP contribution in [0.5, 0.6) is 0 Å². The Morgan fingerprint density at radius 2 is 2.25 bits per heavy atom. The number of aryl methyl sites for hydroxylation is 1. The molecule has 4 heteroatoms. The number of likely N-dealkylation sites (tertiary alicyclic amines) is 1. The highest BCUT2D eigenvalue weighted by atomic mass is 19.1. The summed E-state index contributed by atoms with van der Waals surface area (Å²) in [6, 6.07) is 4.22. The molecule has 1 amide bonds. The number of hydrogen-bond acceptors (Lipinski definition) is 2. The fourth-order valence-electron chi connectivity index (χ4n) is 1.85. The van der Waals surface area contributed by atoms with E-state index in [1.807, 2.05) is 0 Å². The molecule has 1 aliphatic rings. The second-order valence-corrected chi connectivity index (χ2v) is 4.22. The second-order valence-electron chi connectivity index (χ2n) is 4.22. The van der Waals surface area contributed by atoms with Crippen LogP contribution in [0.15, 0.2) is 18.2 Å². The third-order valence-electron chi connectivity index (χ3n) is 2.93. The van der Waals surface area contributed by atoms with Crippen LogP contribution < -0.4 is 0 Å². The van der Waals surface area contributed by atoms with Gasteiger partial charge in [0.15, 0.2) is 0 Å². The van der Waals surface area contributed by atoms with Gasteiger partial charge in [0, 0.05) is 31.2 Å². The van der Waals surface area contributed by atoms with Gasteiger partial charge in [0.25, 0.3) is 5.91 Å².